The van der Waals surface area contributed by atoms with Crippen LogP contribution in [-0.4, -0.2) is 21.4 Å². The summed E-state index contributed by atoms with van der Waals surface area (Å²) in [7, 11) is -2.22. The molecule has 0 saturated heterocycles. The van der Waals surface area contributed by atoms with E-state index < -0.39 is 21.7 Å². The van der Waals surface area contributed by atoms with Gasteiger partial charge in [-0.3, -0.25) is 4.79 Å². The summed E-state index contributed by atoms with van der Waals surface area (Å²) in [6, 6.07) is 11.2. The van der Waals surface area contributed by atoms with Crippen molar-refractivity contribution in [1.82, 2.24) is 4.72 Å². The molecule has 0 heterocycles. The molecule has 0 bridgehead atoms. The monoisotopic (exact) mass is 308 g/mol. The van der Waals surface area contributed by atoms with Gasteiger partial charge in [0.1, 0.15) is 5.82 Å². The maximum absolute atomic E-state index is 13.5. The van der Waals surface area contributed by atoms with E-state index in [1.165, 1.54) is 49.5 Å². The van der Waals surface area contributed by atoms with E-state index in [1.54, 1.807) is 6.07 Å². The number of benzene rings is 2. The average molecular weight is 308 g/mol. The molecule has 2 aromatic carbocycles. The highest BCUT2D eigenvalue weighted by molar-refractivity contribution is 7.89. The molecule has 0 aliphatic carbocycles. The average Bonchev–Trinajstić information content (AvgIpc) is 2.48. The Bertz CT molecular complexity index is 758. The number of sulfonamides is 1. The van der Waals surface area contributed by atoms with Crippen molar-refractivity contribution in [3.8, 4) is 0 Å². The lowest BCUT2D eigenvalue weighted by atomic mass is 10.2. The number of hydrogen-bond acceptors (Lipinski definition) is 3. The van der Waals surface area contributed by atoms with E-state index in [4.69, 9.17) is 0 Å². The molecule has 0 unspecified atom stereocenters. The highest BCUT2D eigenvalue weighted by atomic mass is 32.2. The van der Waals surface area contributed by atoms with Gasteiger partial charge in [-0.1, -0.05) is 12.1 Å². The third-order valence-corrected chi connectivity index (χ3v) is 4.24. The molecule has 0 aliphatic heterocycles. The van der Waals surface area contributed by atoms with Crippen LogP contribution in [0.1, 0.15) is 10.4 Å². The first kappa shape index (κ1) is 15.1. The number of nitrogens with one attached hydrogen (secondary N) is 2. The maximum Gasteiger partial charge on any atom is 0.258 e. The topological polar surface area (TPSA) is 75.3 Å². The Morgan fingerprint density at radius 1 is 1.05 bits per heavy atom. The molecule has 7 heteroatoms. The minimum Gasteiger partial charge on any atom is -0.322 e. The largest absolute Gasteiger partial charge is 0.322 e. The van der Waals surface area contributed by atoms with Gasteiger partial charge in [0.05, 0.1) is 10.5 Å². The second-order valence-electron chi connectivity index (χ2n) is 4.17. The predicted molar refractivity (Wildman–Crippen MR) is 77.0 cm³/mol. The first-order valence-electron chi connectivity index (χ1n) is 6.03. The van der Waals surface area contributed by atoms with E-state index in [1.807, 2.05) is 0 Å². The molecule has 0 spiro atoms. The van der Waals surface area contributed by atoms with E-state index in [9.17, 15) is 17.6 Å². The lowest BCUT2D eigenvalue weighted by Gasteiger charge is -2.07. The first-order valence-corrected chi connectivity index (χ1v) is 7.52. The van der Waals surface area contributed by atoms with Crippen LogP contribution in [0.4, 0.5) is 10.1 Å². The van der Waals surface area contributed by atoms with Crippen molar-refractivity contribution >= 4 is 21.6 Å². The van der Waals surface area contributed by atoms with Gasteiger partial charge < -0.3 is 5.32 Å². The molecule has 2 N–H and O–H groups in total. The van der Waals surface area contributed by atoms with Crippen molar-refractivity contribution in [3.05, 3.63) is 59.9 Å². The molecule has 0 aromatic heterocycles. The summed E-state index contributed by atoms with van der Waals surface area (Å²) in [5.41, 5.74) is 0.294. The zero-order chi connectivity index (χ0) is 15.5. The van der Waals surface area contributed by atoms with Crippen LogP contribution in [0.15, 0.2) is 53.4 Å². The molecular formula is C14H13FN2O3S. The third kappa shape index (κ3) is 3.45. The molecule has 110 valence electrons. The molecule has 0 atom stereocenters. The molecule has 1 amide bonds. The standard InChI is InChI=1S/C14H13FN2O3S/c1-16-21(19,20)11-8-6-10(7-9-11)17-14(18)12-4-2-3-5-13(12)15/h2-9,16H,1H3,(H,17,18). The quantitative estimate of drug-likeness (QED) is 0.907. The van der Waals surface area contributed by atoms with Gasteiger partial charge in [0, 0.05) is 5.69 Å². The second-order valence-corrected chi connectivity index (χ2v) is 6.05. The van der Waals surface area contributed by atoms with Gasteiger partial charge in [-0.15, -0.1) is 0 Å². The second kappa shape index (κ2) is 6.02. The SMILES string of the molecule is CNS(=O)(=O)c1ccc(NC(=O)c2ccccc2F)cc1. The summed E-state index contributed by atoms with van der Waals surface area (Å²) in [5, 5.41) is 2.50. The van der Waals surface area contributed by atoms with E-state index in [0.29, 0.717) is 5.69 Å². The van der Waals surface area contributed by atoms with Crippen molar-refractivity contribution < 1.29 is 17.6 Å². The van der Waals surface area contributed by atoms with Gasteiger partial charge in [-0.25, -0.2) is 17.5 Å². The van der Waals surface area contributed by atoms with Crippen LogP contribution in [0.5, 0.6) is 0 Å². The number of carbonyl (C=O) groups is 1. The molecule has 0 saturated carbocycles. The number of carbonyl (C=O) groups excluding carboxylic acids is 1. The summed E-state index contributed by atoms with van der Waals surface area (Å²) in [6.45, 7) is 0. The summed E-state index contributed by atoms with van der Waals surface area (Å²) < 4.78 is 38.8. The lowest BCUT2D eigenvalue weighted by Crippen LogP contribution is -2.18. The number of rotatable bonds is 4. The van der Waals surface area contributed by atoms with Crippen molar-refractivity contribution in [3.63, 3.8) is 0 Å². The van der Waals surface area contributed by atoms with Gasteiger partial charge in [-0.05, 0) is 43.4 Å². The number of hydrogen-bond donors (Lipinski definition) is 2. The Morgan fingerprint density at radius 2 is 1.67 bits per heavy atom. The summed E-state index contributed by atoms with van der Waals surface area (Å²) in [6.07, 6.45) is 0. The van der Waals surface area contributed by atoms with Crippen molar-refractivity contribution in [2.75, 3.05) is 12.4 Å². The molecule has 0 radical (unpaired) electrons. The van der Waals surface area contributed by atoms with Crippen LogP contribution in [0.25, 0.3) is 0 Å². The van der Waals surface area contributed by atoms with Crippen LogP contribution >= 0.6 is 0 Å². The van der Waals surface area contributed by atoms with Gasteiger partial charge in [0.15, 0.2) is 0 Å². The Labute approximate surface area is 121 Å². The lowest BCUT2D eigenvalue weighted by molar-refractivity contribution is 0.102. The predicted octanol–water partition coefficient (Wildman–Crippen LogP) is 1.99. The highest BCUT2D eigenvalue weighted by Gasteiger charge is 2.13. The Hall–Kier alpha value is -2.25. The molecule has 5 nitrogen and oxygen atoms in total. The van der Waals surface area contributed by atoms with E-state index in [2.05, 4.69) is 10.0 Å². The van der Waals surface area contributed by atoms with Crippen LogP contribution in [0, 0.1) is 5.82 Å². The van der Waals surface area contributed by atoms with Crippen molar-refractivity contribution in [2.45, 2.75) is 4.90 Å². The zero-order valence-corrected chi connectivity index (χ0v) is 11.9. The smallest absolute Gasteiger partial charge is 0.258 e. The van der Waals surface area contributed by atoms with E-state index in [0.717, 1.165) is 0 Å². The van der Waals surface area contributed by atoms with Gasteiger partial charge in [-0.2, -0.15) is 0 Å². The number of halogens is 1. The van der Waals surface area contributed by atoms with Gasteiger partial charge in [0.25, 0.3) is 5.91 Å². The van der Waals surface area contributed by atoms with E-state index >= 15 is 0 Å². The third-order valence-electron chi connectivity index (χ3n) is 2.81. The Balaban J connectivity index is 2.18. The maximum atomic E-state index is 13.5. The fourth-order valence-electron chi connectivity index (χ4n) is 1.68. The zero-order valence-electron chi connectivity index (χ0n) is 11.1. The van der Waals surface area contributed by atoms with Gasteiger partial charge >= 0.3 is 0 Å². The molecular weight excluding hydrogens is 295 g/mol. The molecule has 2 rings (SSSR count). The van der Waals surface area contributed by atoms with Crippen LogP contribution in [-0.2, 0) is 10.0 Å². The van der Waals surface area contributed by atoms with Crippen LogP contribution in [0.2, 0.25) is 0 Å². The normalized spacial score (nSPS) is 11.1. The summed E-state index contributed by atoms with van der Waals surface area (Å²) in [5.74, 6) is -1.22. The van der Waals surface area contributed by atoms with Gasteiger partial charge in [0.2, 0.25) is 10.0 Å². The number of anilines is 1. The minimum absolute atomic E-state index is 0.0777. The van der Waals surface area contributed by atoms with Crippen LogP contribution < -0.4 is 10.0 Å². The molecule has 0 aliphatic rings. The van der Waals surface area contributed by atoms with Crippen molar-refractivity contribution in [1.29, 1.82) is 0 Å². The van der Waals surface area contributed by atoms with Crippen molar-refractivity contribution in [2.24, 2.45) is 0 Å². The Kier molecular flexibility index (Phi) is 4.35. The summed E-state index contributed by atoms with van der Waals surface area (Å²) in [4.78, 5) is 12.0. The molecule has 2 aromatic rings. The fraction of sp³-hybridized carbons (Fsp3) is 0.0714. The minimum atomic E-state index is -3.53. The number of amides is 1. The highest BCUT2D eigenvalue weighted by Crippen LogP contribution is 2.15. The van der Waals surface area contributed by atoms with Crippen LogP contribution in [0.3, 0.4) is 0 Å². The fourth-order valence-corrected chi connectivity index (χ4v) is 2.41. The first-order chi connectivity index (χ1) is 9.94. The summed E-state index contributed by atoms with van der Waals surface area (Å²) >= 11 is 0. The Morgan fingerprint density at radius 3 is 2.24 bits per heavy atom. The molecule has 0 fully saturated rings. The van der Waals surface area contributed by atoms with E-state index in [-0.39, 0.29) is 10.5 Å². The molecule has 21 heavy (non-hydrogen) atoms.